The van der Waals surface area contributed by atoms with Gasteiger partial charge in [-0.05, 0) is 24.8 Å². The van der Waals surface area contributed by atoms with Crippen LogP contribution in [0.1, 0.15) is 43.0 Å². The summed E-state index contributed by atoms with van der Waals surface area (Å²) in [7, 11) is 2.97. The third kappa shape index (κ3) is 6.44. The van der Waals surface area contributed by atoms with E-state index in [0.29, 0.717) is 23.1 Å². The van der Waals surface area contributed by atoms with Gasteiger partial charge < -0.3 is 25.4 Å². The summed E-state index contributed by atoms with van der Waals surface area (Å²) in [5, 5.41) is 20.0. The minimum atomic E-state index is -0.622. The number of benzene rings is 2. The quantitative estimate of drug-likeness (QED) is 0.373. The highest BCUT2D eigenvalue weighted by molar-refractivity contribution is 6.10. The number of nitro groups is 1. The van der Waals surface area contributed by atoms with Crippen LogP contribution in [0.5, 0.6) is 11.5 Å². The molecule has 1 fully saturated rings. The second kappa shape index (κ2) is 11.5. The Balaban J connectivity index is 1.77. The molecule has 0 aromatic heterocycles. The van der Waals surface area contributed by atoms with E-state index in [2.05, 4.69) is 22.9 Å². The minimum Gasteiger partial charge on any atom is -0.497 e. The summed E-state index contributed by atoms with van der Waals surface area (Å²) in [4.78, 5) is 36.4. The van der Waals surface area contributed by atoms with Crippen LogP contribution in [0.25, 0.3) is 0 Å². The molecule has 0 bridgehead atoms. The van der Waals surface area contributed by atoms with Crippen LogP contribution in [-0.2, 0) is 4.79 Å². The van der Waals surface area contributed by atoms with Gasteiger partial charge in [0.15, 0.2) is 0 Å². The van der Waals surface area contributed by atoms with E-state index in [1.807, 2.05) is 0 Å². The number of rotatable bonds is 9. The molecule has 2 atom stereocenters. The number of nitrogens with zero attached hydrogens (tertiary/aromatic N) is 1. The number of amides is 2. The normalized spacial score (nSPS) is 17.5. The van der Waals surface area contributed by atoms with Crippen LogP contribution in [0.3, 0.4) is 0 Å². The Bertz CT molecular complexity index is 1040. The van der Waals surface area contributed by atoms with E-state index in [9.17, 15) is 19.7 Å². The lowest BCUT2D eigenvalue weighted by atomic mass is 9.86. The van der Waals surface area contributed by atoms with Gasteiger partial charge in [-0.2, -0.15) is 0 Å². The molecule has 34 heavy (non-hydrogen) atoms. The Labute approximate surface area is 198 Å². The van der Waals surface area contributed by atoms with Gasteiger partial charge in [-0.25, -0.2) is 0 Å². The van der Waals surface area contributed by atoms with Crippen molar-refractivity contribution in [2.24, 2.45) is 5.92 Å². The number of carbonyl (C=O) groups is 2. The lowest BCUT2D eigenvalue weighted by Crippen LogP contribution is -2.41. The van der Waals surface area contributed by atoms with Gasteiger partial charge >= 0.3 is 0 Å². The average Bonchev–Trinajstić information content (AvgIpc) is 2.83. The third-order valence-electron chi connectivity index (χ3n) is 5.98. The number of methoxy groups -OCH3 is 2. The van der Waals surface area contributed by atoms with Gasteiger partial charge in [-0.15, -0.1) is 0 Å². The summed E-state index contributed by atoms with van der Waals surface area (Å²) in [6, 6.07) is 8.84. The number of ether oxygens (including phenoxy) is 2. The molecule has 2 aromatic rings. The fraction of sp³-hybridized carbons (Fsp3) is 0.417. The van der Waals surface area contributed by atoms with E-state index >= 15 is 0 Å². The van der Waals surface area contributed by atoms with Crippen molar-refractivity contribution in [3.63, 3.8) is 0 Å². The molecule has 3 rings (SSSR count). The summed E-state index contributed by atoms with van der Waals surface area (Å²) in [6.45, 7) is 2.25. The summed E-state index contributed by atoms with van der Waals surface area (Å²) < 4.78 is 10.4. The van der Waals surface area contributed by atoms with E-state index in [1.54, 1.807) is 18.2 Å². The number of nitro benzene ring substituents is 1. The first-order chi connectivity index (χ1) is 16.3. The maximum absolute atomic E-state index is 13.1. The van der Waals surface area contributed by atoms with Crippen molar-refractivity contribution in [1.29, 1.82) is 0 Å². The topological polar surface area (TPSA) is 132 Å². The number of hydrogen-bond donors (Lipinski definition) is 3. The van der Waals surface area contributed by atoms with E-state index in [1.165, 1.54) is 32.8 Å². The lowest BCUT2D eigenvalue weighted by Gasteiger charge is -2.29. The number of non-ortho nitro benzene ring substituents is 1. The summed E-state index contributed by atoms with van der Waals surface area (Å²) in [6.07, 6.45) is 4.47. The summed E-state index contributed by atoms with van der Waals surface area (Å²) in [5.74, 6) is 0.462. The fourth-order valence-corrected chi connectivity index (χ4v) is 4.06. The second-order valence-electron chi connectivity index (χ2n) is 8.34. The molecule has 2 amide bonds. The highest BCUT2D eigenvalue weighted by Crippen LogP contribution is 2.28. The van der Waals surface area contributed by atoms with E-state index in [4.69, 9.17) is 9.47 Å². The van der Waals surface area contributed by atoms with Gasteiger partial charge in [0.1, 0.15) is 11.5 Å². The fourth-order valence-electron chi connectivity index (χ4n) is 4.06. The molecule has 1 aliphatic rings. The van der Waals surface area contributed by atoms with Gasteiger partial charge in [0.05, 0.1) is 36.9 Å². The van der Waals surface area contributed by atoms with Crippen molar-refractivity contribution in [3.8, 4) is 11.5 Å². The van der Waals surface area contributed by atoms with Gasteiger partial charge in [-0.1, -0.05) is 19.8 Å². The van der Waals surface area contributed by atoms with Gasteiger partial charge in [0.25, 0.3) is 11.6 Å². The molecule has 0 spiro atoms. The van der Waals surface area contributed by atoms with E-state index < -0.39 is 10.8 Å². The van der Waals surface area contributed by atoms with Crippen LogP contribution in [0.2, 0.25) is 0 Å². The first-order valence-electron chi connectivity index (χ1n) is 11.2. The Morgan fingerprint density at radius 1 is 1.03 bits per heavy atom. The van der Waals surface area contributed by atoms with Crippen LogP contribution >= 0.6 is 0 Å². The minimum absolute atomic E-state index is 0.0321. The molecule has 10 nitrogen and oxygen atoms in total. The highest BCUT2D eigenvalue weighted by atomic mass is 16.6. The average molecular weight is 471 g/mol. The Kier molecular flexibility index (Phi) is 8.42. The van der Waals surface area contributed by atoms with Crippen molar-refractivity contribution in [1.82, 2.24) is 5.32 Å². The Morgan fingerprint density at radius 3 is 2.32 bits per heavy atom. The van der Waals surface area contributed by atoms with Crippen molar-refractivity contribution in [3.05, 3.63) is 52.1 Å². The zero-order valence-corrected chi connectivity index (χ0v) is 19.6. The van der Waals surface area contributed by atoms with Gasteiger partial charge in [-0.3, -0.25) is 19.7 Å². The molecule has 182 valence electrons. The molecule has 2 aromatic carbocycles. The third-order valence-corrected chi connectivity index (χ3v) is 5.98. The number of nitrogens with one attached hydrogen (secondary N) is 3. The number of anilines is 2. The molecule has 10 heteroatoms. The predicted octanol–water partition coefficient (Wildman–Crippen LogP) is 3.97. The van der Waals surface area contributed by atoms with Crippen LogP contribution in [0.15, 0.2) is 36.4 Å². The maximum Gasteiger partial charge on any atom is 0.270 e. The molecule has 0 heterocycles. The first-order valence-corrected chi connectivity index (χ1v) is 11.2. The number of hydrogen-bond acceptors (Lipinski definition) is 7. The molecule has 3 N–H and O–H groups in total. The second-order valence-corrected chi connectivity index (χ2v) is 8.34. The van der Waals surface area contributed by atoms with Crippen molar-refractivity contribution in [2.75, 3.05) is 31.4 Å². The van der Waals surface area contributed by atoms with Gasteiger partial charge in [0, 0.05) is 42.1 Å². The molecule has 0 unspecified atom stereocenters. The smallest absolute Gasteiger partial charge is 0.270 e. The molecule has 1 aliphatic carbocycles. The summed E-state index contributed by atoms with van der Waals surface area (Å²) >= 11 is 0. The predicted molar refractivity (Wildman–Crippen MR) is 129 cm³/mol. The zero-order valence-electron chi connectivity index (χ0n) is 19.6. The molecule has 1 saturated carbocycles. The maximum atomic E-state index is 13.1. The molecular weight excluding hydrogens is 440 g/mol. The molecule has 0 radical (unpaired) electrons. The largest absolute Gasteiger partial charge is 0.497 e. The van der Waals surface area contributed by atoms with Crippen molar-refractivity contribution < 1.29 is 24.0 Å². The molecule has 0 saturated heterocycles. The Hall–Kier alpha value is -3.66. The highest BCUT2D eigenvalue weighted by Gasteiger charge is 2.23. The molecule has 0 aliphatic heterocycles. The van der Waals surface area contributed by atoms with E-state index in [0.717, 1.165) is 25.3 Å². The zero-order chi connectivity index (χ0) is 24.7. The van der Waals surface area contributed by atoms with Crippen LogP contribution in [-0.4, -0.2) is 43.5 Å². The first kappa shape index (κ1) is 25.0. The van der Waals surface area contributed by atoms with Gasteiger partial charge in [0.2, 0.25) is 5.91 Å². The standard InChI is InChI=1S/C24H30N4O6/c1-15-6-4-5-7-21(15)25-14-23(29)27-22-9-8-17(28(31)32)12-20(22)24(30)26-16-10-18(33-2)13-19(11-16)34-3/h8-13,15,21,25H,4-7,14H2,1-3H3,(H,26,30)(H,27,29)/t15-,21+/m0/s1. The SMILES string of the molecule is COc1cc(NC(=O)c2cc([N+](=O)[O-])ccc2NC(=O)CN[C@@H]2CCCC[C@@H]2C)cc(OC)c1. The van der Waals surface area contributed by atoms with Crippen LogP contribution in [0, 0.1) is 16.0 Å². The lowest BCUT2D eigenvalue weighted by molar-refractivity contribution is -0.384. The van der Waals surface area contributed by atoms with Crippen molar-refractivity contribution >= 4 is 28.9 Å². The van der Waals surface area contributed by atoms with Crippen molar-refractivity contribution in [2.45, 2.75) is 38.6 Å². The monoisotopic (exact) mass is 470 g/mol. The number of carbonyl (C=O) groups excluding carboxylic acids is 2. The van der Waals surface area contributed by atoms with Crippen LogP contribution < -0.4 is 25.4 Å². The van der Waals surface area contributed by atoms with E-state index in [-0.39, 0.29) is 35.4 Å². The summed E-state index contributed by atoms with van der Waals surface area (Å²) in [5.41, 5.74) is 0.260. The van der Waals surface area contributed by atoms with Crippen LogP contribution in [0.4, 0.5) is 17.1 Å². The molecular formula is C24H30N4O6. The Morgan fingerprint density at radius 2 is 1.71 bits per heavy atom.